The molecule has 2 aliphatic carbocycles. The summed E-state index contributed by atoms with van der Waals surface area (Å²) >= 11 is 0. The zero-order chi connectivity index (χ0) is 20.1. The first-order valence-electron chi connectivity index (χ1n) is 10.4. The third kappa shape index (κ3) is 3.98. The molecule has 2 aliphatic rings. The van der Waals surface area contributed by atoms with Crippen molar-refractivity contribution < 1.29 is 14.3 Å². The summed E-state index contributed by atoms with van der Waals surface area (Å²) in [5, 5.41) is 12.0. The van der Waals surface area contributed by atoms with Gasteiger partial charge in [-0.1, -0.05) is 20.8 Å². The summed E-state index contributed by atoms with van der Waals surface area (Å²) in [6, 6.07) is 6.81. The van der Waals surface area contributed by atoms with Gasteiger partial charge in [0.1, 0.15) is 11.6 Å². The Morgan fingerprint density at radius 3 is 2.54 bits per heavy atom. The van der Waals surface area contributed by atoms with Crippen LogP contribution in [0.3, 0.4) is 0 Å². The molecule has 4 heteroatoms. The van der Waals surface area contributed by atoms with Gasteiger partial charge in [0.25, 0.3) is 0 Å². The maximum absolute atomic E-state index is 13.8. The van der Waals surface area contributed by atoms with Crippen molar-refractivity contribution in [1.29, 1.82) is 0 Å². The lowest BCUT2D eigenvalue weighted by molar-refractivity contribution is -0.125. The molecule has 150 valence electrons. The van der Waals surface area contributed by atoms with Crippen LogP contribution in [0.15, 0.2) is 30.5 Å². The van der Waals surface area contributed by atoms with E-state index in [0.717, 1.165) is 23.7 Å². The van der Waals surface area contributed by atoms with Crippen molar-refractivity contribution in [2.75, 3.05) is 0 Å². The van der Waals surface area contributed by atoms with Gasteiger partial charge in [0.15, 0.2) is 0 Å². The van der Waals surface area contributed by atoms with Crippen LogP contribution in [0, 0.1) is 23.1 Å². The van der Waals surface area contributed by atoms with Crippen LogP contribution in [0.5, 0.6) is 0 Å². The summed E-state index contributed by atoms with van der Waals surface area (Å²) in [5.41, 5.74) is 1.13. The largest absolute Gasteiger partial charge is 0.389 e. The molecule has 1 aromatic carbocycles. The first-order valence-corrected chi connectivity index (χ1v) is 10.4. The van der Waals surface area contributed by atoms with Crippen LogP contribution in [0.4, 0.5) is 4.39 Å². The molecule has 0 amide bonds. The third-order valence-electron chi connectivity index (χ3n) is 6.56. The molecule has 1 aromatic heterocycles. The van der Waals surface area contributed by atoms with E-state index in [1.54, 1.807) is 12.1 Å². The Morgan fingerprint density at radius 2 is 1.89 bits per heavy atom. The molecule has 0 bridgehead atoms. The number of aliphatic hydroxyl groups is 1. The van der Waals surface area contributed by atoms with E-state index in [4.69, 9.17) is 0 Å². The molecule has 28 heavy (non-hydrogen) atoms. The van der Waals surface area contributed by atoms with Crippen molar-refractivity contribution in [3.63, 3.8) is 0 Å². The molecule has 0 spiro atoms. The number of halogens is 1. The van der Waals surface area contributed by atoms with E-state index in [9.17, 15) is 14.3 Å². The molecule has 2 fully saturated rings. The highest BCUT2D eigenvalue weighted by molar-refractivity contribution is 5.82. The van der Waals surface area contributed by atoms with E-state index in [-0.39, 0.29) is 23.4 Å². The topological polar surface area (TPSA) is 50.2 Å². The number of hydrogen-bond acceptors (Lipinski definition) is 3. The molecule has 1 heterocycles. The molecule has 4 atom stereocenters. The highest BCUT2D eigenvalue weighted by Gasteiger charge is 2.49. The van der Waals surface area contributed by atoms with Gasteiger partial charge in [-0.2, -0.15) is 0 Å². The van der Waals surface area contributed by atoms with E-state index in [1.807, 2.05) is 12.3 Å². The number of Topliss-reactive ketones (excluding diaryl/α,β-unsaturated/α-hetero) is 1. The second-order valence-corrected chi connectivity index (χ2v) is 10.3. The average Bonchev–Trinajstić information content (AvgIpc) is 3.06. The fourth-order valence-electron chi connectivity index (χ4n) is 5.69. The lowest BCUT2D eigenvalue weighted by Gasteiger charge is -2.26. The third-order valence-corrected chi connectivity index (χ3v) is 6.56. The van der Waals surface area contributed by atoms with Crippen molar-refractivity contribution in [3.8, 4) is 0 Å². The van der Waals surface area contributed by atoms with E-state index in [1.165, 1.54) is 11.6 Å². The molecule has 0 saturated heterocycles. The van der Waals surface area contributed by atoms with Gasteiger partial charge in [-0.15, -0.1) is 0 Å². The summed E-state index contributed by atoms with van der Waals surface area (Å²) in [6.45, 7) is 6.18. The van der Waals surface area contributed by atoms with Crippen molar-refractivity contribution >= 4 is 16.7 Å². The molecule has 2 unspecified atom stereocenters. The maximum atomic E-state index is 13.8. The molecule has 2 aromatic rings. The number of nitrogens with zero attached hydrogens (tertiary/aromatic N) is 1. The first kappa shape index (κ1) is 19.5. The molecule has 2 saturated carbocycles. The van der Waals surface area contributed by atoms with Crippen molar-refractivity contribution in [2.24, 2.45) is 17.3 Å². The monoisotopic (exact) mass is 383 g/mol. The number of rotatable bonds is 4. The fourth-order valence-corrected chi connectivity index (χ4v) is 5.69. The predicted octanol–water partition coefficient (Wildman–Crippen LogP) is 5.40. The van der Waals surface area contributed by atoms with Gasteiger partial charge in [0.05, 0.1) is 11.1 Å². The molecule has 0 aliphatic heterocycles. The van der Waals surface area contributed by atoms with Crippen LogP contribution in [-0.4, -0.2) is 21.5 Å². The van der Waals surface area contributed by atoms with Crippen molar-refractivity contribution in [1.82, 2.24) is 4.98 Å². The SMILES string of the molecule is CC(C)(C)CC(=O)CC1(O)C[C@H]2CC(c3ccnc4ccc(F)cc34)C[C@H]2C1. The zero-order valence-electron chi connectivity index (χ0n) is 17.0. The maximum Gasteiger partial charge on any atom is 0.136 e. The van der Waals surface area contributed by atoms with E-state index >= 15 is 0 Å². The van der Waals surface area contributed by atoms with Crippen LogP contribution in [0.25, 0.3) is 10.9 Å². The van der Waals surface area contributed by atoms with Crippen LogP contribution >= 0.6 is 0 Å². The summed E-state index contributed by atoms with van der Waals surface area (Å²) in [5.74, 6) is 1.19. The number of hydrogen-bond donors (Lipinski definition) is 1. The molecule has 4 rings (SSSR count). The molecule has 3 nitrogen and oxygen atoms in total. The number of carbonyl (C=O) groups excluding carboxylic acids is 1. The van der Waals surface area contributed by atoms with Crippen LogP contribution < -0.4 is 0 Å². The van der Waals surface area contributed by atoms with Gasteiger partial charge in [-0.25, -0.2) is 4.39 Å². The Balaban J connectivity index is 1.46. The van der Waals surface area contributed by atoms with Gasteiger partial charge < -0.3 is 5.11 Å². The second-order valence-electron chi connectivity index (χ2n) is 10.3. The van der Waals surface area contributed by atoms with Crippen LogP contribution in [0.1, 0.15) is 70.8 Å². The van der Waals surface area contributed by atoms with Gasteiger partial charge in [-0.05, 0) is 78.7 Å². The minimum Gasteiger partial charge on any atom is -0.389 e. The summed E-state index contributed by atoms with van der Waals surface area (Å²) < 4.78 is 13.8. The Hall–Kier alpha value is -1.81. The number of fused-ring (bicyclic) bond motifs is 2. The molecular formula is C24H30FNO2. The van der Waals surface area contributed by atoms with Crippen LogP contribution in [0.2, 0.25) is 0 Å². The molecule has 0 radical (unpaired) electrons. The number of pyridine rings is 1. The number of aromatic nitrogens is 1. The quantitative estimate of drug-likeness (QED) is 0.769. The van der Waals surface area contributed by atoms with Crippen molar-refractivity contribution in [2.45, 2.75) is 70.8 Å². The minimum atomic E-state index is -0.838. The lowest BCUT2D eigenvalue weighted by atomic mass is 9.83. The van der Waals surface area contributed by atoms with Crippen molar-refractivity contribution in [3.05, 3.63) is 41.8 Å². The highest BCUT2D eigenvalue weighted by Crippen LogP contribution is 2.55. The average molecular weight is 384 g/mol. The fraction of sp³-hybridized carbons (Fsp3) is 0.583. The Morgan fingerprint density at radius 1 is 1.21 bits per heavy atom. The summed E-state index contributed by atoms with van der Waals surface area (Å²) in [6.07, 6.45) is 6.02. The second kappa shape index (κ2) is 6.91. The van der Waals surface area contributed by atoms with E-state index < -0.39 is 5.60 Å². The minimum absolute atomic E-state index is 0.0370. The number of benzene rings is 1. The van der Waals surface area contributed by atoms with Crippen LogP contribution in [-0.2, 0) is 4.79 Å². The Labute approximate surface area is 166 Å². The van der Waals surface area contributed by atoms with E-state index in [2.05, 4.69) is 25.8 Å². The molecular weight excluding hydrogens is 353 g/mol. The summed E-state index contributed by atoms with van der Waals surface area (Å²) in [7, 11) is 0. The van der Waals surface area contributed by atoms with Gasteiger partial charge in [0.2, 0.25) is 0 Å². The van der Waals surface area contributed by atoms with E-state index in [0.29, 0.717) is 37.0 Å². The Kier molecular flexibility index (Phi) is 4.81. The number of carbonyl (C=O) groups is 1. The first-order chi connectivity index (χ1) is 13.1. The summed E-state index contributed by atoms with van der Waals surface area (Å²) in [4.78, 5) is 16.8. The van der Waals surface area contributed by atoms with Gasteiger partial charge in [-0.3, -0.25) is 9.78 Å². The number of ketones is 1. The zero-order valence-corrected chi connectivity index (χ0v) is 17.0. The van der Waals surface area contributed by atoms with Gasteiger partial charge >= 0.3 is 0 Å². The normalized spacial score (nSPS) is 30.0. The Bertz CT molecular complexity index is 887. The van der Waals surface area contributed by atoms with Gasteiger partial charge in [0, 0.05) is 24.4 Å². The smallest absolute Gasteiger partial charge is 0.136 e. The standard InChI is InChI=1S/C24H30FNO2/c1-23(2,3)13-19(27)14-24(28)11-16-8-15(9-17(16)12-24)20-6-7-26-22-5-4-18(25)10-21(20)22/h4-7,10,15-17,28H,8-9,11-14H2,1-3H3/t15?,16-,17+,24?. The predicted molar refractivity (Wildman–Crippen MR) is 109 cm³/mol. The molecule has 1 N–H and O–H groups in total. The highest BCUT2D eigenvalue weighted by atomic mass is 19.1. The lowest BCUT2D eigenvalue weighted by Crippen LogP contribution is -2.30.